The van der Waals surface area contributed by atoms with Gasteiger partial charge in [-0.1, -0.05) is 44.2 Å². The van der Waals surface area contributed by atoms with Gasteiger partial charge in [-0.05, 0) is 51.8 Å². The minimum absolute atomic E-state index is 0.527. The molecule has 0 radical (unpaired) electrons. The van der Waals surface area contributed by atoms with E-state index >= 15 is 0 Å². The summed E-state index contributed by atoms with van der Waals surface area (Å²) < 4.78 is 1.20. The Morgan fingerprint density at radius 2 is 1.78 bits per heavy atom. The second kappa shape index (κ2) is 5.53. The SMILES string of the molecule is CC(C)c1ccc(-c2ccccc2C#N)c(I)c1. The summed E-state index contributed by atoms with van der Waals surface area (Å²) in [6, 6.07) is 16.5. The summed E-state index contributed by atoms with van der Waals surface area (Å²) in [6.07, 6.45) is 0. The molecule has 18 heavy (non-hydrogen) atoms. The molecule has 0 aliphatic heterocycles. The van der Waals surface area contributed by atoms with Crippen molar-refractivity contribution in [1.82, 2.24) is 0 Å². The third kappa shape index (κ3) is 2.56. The molecule has 0 bridgehead atoms. The fourth-order valence-corrected chi connectivity index (χ4v) is 2.75. The summed E-state index contributed by atoms with van der Waals surface area (Å²) in [4.78, 5) is 0. The van der Waals surface area contributed by atoms with E-state index in [1.165, 1.54) is 9.13 Å². The Hall–Kier alpha value is -1.34. The van der Waals surface area contributed by atoms with Crippen LogP contribution in [0.15, 0.2) is 42.5 Å². The second-order valence-electron chi connectivity index (χ2n) is 4.55. The lowest BCUT2D eigenvalue weighted by molar-refractivity contribution is 0.866. The molecule has 2 aromatic carbocycles. The Kier molecular flexibility index (Phi) is 4.03. The van der Waals surface area contributed by atoms with Gasteiger partial charge < -0.3 is 0 Å². The molecule has 90 valence electrons. The van der Waals surface area contributed by atoms with Crippen molar-refractivity contribution in [3.8, 4) is 17.2 Å². The lowest BCUT2D eigenvalue weighted by Crippen LogP contribution is -1.92. The van der Waals surface area contributed by atoms with Crippen LogP contribution in [0.25, 0.3) is 11.1 Å². The first-order valence-electron chi connectivity index (χ1n) is 5.92. The quantitative estimate of drug-likeness (QED) is 0.705. The molecular weight excluding hydrogens is 333 g/mol. The molecule has 0 amide bonds. The molecule has 0 saturated carbocycles. The van der Waals surface area contributed by atoms with Crippen molar-refractivity contribution in [2.75, 3.05) is 0 Å². The molecule has 0 atom stereocenters. The van der Waals surface area contributed by atoms with E-state index in [4.69, 9.17) is 5.26 Å². The number of nitrogens with zero attached hydrogens (tertiary/aromatic N) is 1. The number of benzene rings is 2. The van der Waals surface area contributed by atoms with Crippen molar-refractivity contribution in [3.05, 3.63) is 57.2 Å². The molecule has 0 aliphatic rings. The van der Waals surface area contributed by atoms with Crippen molar-refractivity contribution in [2.45, 2.75) is 19.8 Å². The lowest BCUT2D eigenvalue weighted by Gasteiger charge is -2.11. The van der Waals surface area contributed by atoms with Gasteiger partial charge in [-0.15, -0.1) is 0 Å². The molecule has 2 rings (SSSR count). The van der Waals surface area contributed by atoms with Gasteiger partial charge in [0.15, 0.2) is 0 Å². The molecule has 2 aromatic rings. The monoisotopic (exact) mass is 347 g/mol. The van der Waals surface area contributed by atoms with E-state index in [1.807, 2.05) is 24.3 Å². The third-order valence-corrected chi connectivity index (χ3v) is 3.89. The van der Waals surface area contributed by atoms with Crippen molar-refractivity contribution < 1.29 is 0 Å². The Labute approximate surface area is 122 Å². The van der Waals surface area contributed by atoms with Crippen LogP contribution in [0.3, 0.4) is 0 Å². The minimum Gasteiger partial charge on any atom is -0.192 e. The standard InChI is InChI=1S/C16H14IN/c1-11(2)12-7-8-15(16(17)9-12)14-6-4-3-5-13(14)10-18/h3-9,11H,1-2H3. The highest BCUT2D eigenvalue weighted by Gasteiger charge is 2.09. The van der Waals surface area contributed by atoms with Crippen molar-refractivity contribution in [3.63, 3.8) is 0 Å². The van der Waals surface area contributed by atoms with Gasteiger partial charge in [-0.25, -0.2) is 0 Å². The van der Waals surface area contributed by atoms with Crippen LogP contribution in [0.5, 0.6) is 0 Å². The first kappa shape index (κ1) is 13.1. The van der Waals surface area contributed by atoms with E-state index < -0.39 is 0 Å². The van der Waals surface area contributed by atoms with Crippen LogP contribution in [-0.2, 0) is 0 Å². The molecule has 2 heteroatoms. The van der Waals surface area contributed by atoms with E-state index in [9.17, 15) is 0 Å². The zero-order chi connectivity index (χ0) is 13.1. The number of hydrogen-bond donors (Lipinski definition) is 0. The van der Waals surface area contributed by atoms with E-state index in [1.54, 1.807) is 0 Å². The van der Waals surface area contributed by atoms with Crippen molar-refractivity contribution in [1.29, 1.82) is 5.26 Å². The minimum atomic E-state index is 0.527. The third-order valence-electron chi connectivity index (χ3n) is 3.00. The predicted octanol–water partition coefficient (Wildman–Crippen LogP) is 4.95. The molecule has 1 nitrogen and oxygen atoms in total. The van der Waals surface area contributed by atoms with Crippen LogP contribution in [0.1, 0.15) is 30.9 Å². The van der Waals surface area contributed by atoms with Crippen molar-refractivity contribution in [2.24, 2.45) is 0 Å². The predicted molar refractivity (Wildman–Crippen MR) is 83.4 cm³/mol. The average molecular weight is 347 g/mol. The van der Waals surface area contributed by atoms with Gasteiger partial charge in [0.05, 0.1) is 11.6 Å². The molecule has 0 aromatic heterocycles. The normalized spacial score (nSPS) is 10.4. The Morgan fingerprint density at radius 3 is 2.39 bits per heavy atom. The number of hydrogen-bond acceptors (Lipinski definition) is 1. The highest BCUT2D eigenvalue weighted by atomic mass is 127. The first-order chi connectivity index (χ1) is 8.63. The van der Waals surface area contributed by atoms with Crippen LogP contribution in [-0.4, -0.2) is 0 Å². The number of nitriles is 1. The van der Waals surface area contributed by atoms with Crippen LogP contribution in [0, 0.1) is 14.9 Å². The van der Waals surface area contributed by atoms with Gasteiger partial charge in [0.25, 0.3) is 0 Å². The van der Waals surface area contributed by atoms with Crippen LogP contribution in [0.4, 0.5) is 0 Å². The Balaban J connectivity index is 2.56. The molecular formula is C16H14IN. The maximum absolute atomic E-state index is 9.16. The molecule has 0 saturated heterocycles. The molecule has 0 spiro atoms. The highest BCUT2D eigenvalue weighted by molar-refractivity contribution is 14.1. The summed E-state index contributed by atoms with van der Waals surface area (Å²) in [5.74, 6) is 0.527. The molecule has 0 N–H and O–H groups in total. The lowest BCUT2D eigenvalue weighted by atomic mass is 9.96. The van der Waals surface area contributed by atoms with Crippen LogP contribution in [0.2, 0.25) is 0 Å². The Bertz CT molecular complexity index is 609. The maximum Gasteiger partial charge on any atom is 0.0998 e. The van der Waals surface area contributed by atoms with E-state index in [0.29, 0.717) is 5.92 Å². The summed E-state index contributed by atoms with van der Waals surface area (Å²) in [6.45, 7) is 4.38. The zero-order valence-electron chi connectivity index (χ0n) is 10.4. The summed E-state index contributed by atoms with van der Waals surface area (Å²) in [5.41, 5.74) is 4.21. The van der Waals surface area contributed by atoms with Gasteiger partial charge >= 0.3 is 0 Å². The molecule has 0 heterocycles. The largest absolute Gasteiger partial charge is 0.192 e. The molecule has 0 aliphatic carbocycles. The van der Waals surface area contributed by atoms with Gasteiger partial charge in [-0.2, -0.15) is 5.26 Å². The van der Waals surface area contributed by atoms with Gasteiger partial charge in [0.2, 0.25) is 0 Å². The fraction of sp³-hybridized carbons (Fsp3) is 0.188. The fourth-order valence-electron chi connectivity index (χ4n) is 1.92. The van der Waals surface area contributed by atoms with E-state index in [0.717, 1.165) is 16.7 Å². The zero-order valence-corrected chi connectivity index (χ0v) is 12.6. The van der Waals surface area contributed by atoms with Crippen LogP contribution < -0.4 is 0 Å². The maximum atomic E-state index is 9.16. The smallest absolute Gasteiger partial charge is 0.0998 e. The second-order valence-corrected chi connectivity index (χ2v) is 5.71. The van der Waals surface area contributed by atoms with E-state index in [-0.39, 0.29) is 0 Å². The molecule has 0 unspecified atom stereocenters. The summed E-state index contributed by atoms with van der Waals surface area (Å²) in [7, 11) is 0. The van der Waals surface area contributed by atoms with E-state index in [2.05, 4.69) is 60.7 Å². The first-order valence-corrected chi connectivity index (χ1v) is 7.00. The highest BCUT2D eigenvalue weighted by Crippen LogP contribution is 2.30. The average Bonchev–Trinajstić information content (AvgIpc) is 2.38. The van der Waals surface area contributed by atoms with Gasteiger partial charge in [0, 0.05) is 9.13 Å². The van der Waals surface area contributed by atoms with Gasteiger partial charge in [-0.3, -0.25) is 0 Å². The summed E-state index contributed by atoms with van der Waals surface area (Å²) >= 11 is 2.35. The van der Waals surface area contributed by atoms with Crippen molar-refractivity contribution >= 4 is 22.6 Å². The van der Waals surface area contributed by atoms with Gasteiger partial charge in [0.1, 0.15) is 0 Å². The van der Waals surface area contributed by atoms with Crippen LogP contribution >= 0.6 is 22.6 Å². The number of halogens is 1. The molecule has 0 fully saturated rings. The Morgan fingerprint density at radius 1 is 1.06 bits per heavy atom. The summed E-state index contributed by atoms with van der Waals surface area (Å²) in [5, 5.41) is 9.16. The number of rotatable bonds is 2. The topological polar surface area (TPSA) is 23.8 Å².